The molecular formula is C5H12N2O2S. The van der Waals surface area contributed by atoms with Gasteiger partial charge in [-0.05, 0) is 0 Å². The molecule has 0 radical (unpaired) electrons. The molecule has 1 aliphatic rings. The van der Waals surface area contributed by atoms with Crippen molar-refractivity contribution in [3.63, 3.8) is 0 Å². The zero-order valence-electron chi connectivity index (χ0n) is 5.63. The van der Waals surface area contributed by atoms with Crippen molar-refractivity contribution in [2.75, 3.05) is 26.2 Å². The number of carbonyl (C=O) groups is 1. The summed E-state index contributed by atoms with van der Waals surface area (Å²) in [5.74, 6) is 0. The van der Waals surface area contributed by atoms with Gasteiger partial charge in [0.15, 0.2) is 0 Å². The zero-order chi connectivity index (χ0) is 6.69. The summed E-state index contributed by atoms with van der Waals surface area (Å²) < 4.78 is 0. The van der Waals surface area contributed by atoms with Crippen LogP contribution in [0.4, 0.5) is 4.79 Å². The molecule has 0 aromatic carbocycles. The van der Waals surface area contributed by atoms with Crippen LogP contribution in [-0.2, 0) is 0 Å². The number of nitrogens with one attached hydrogen (secondary N) is 1. The van der Waals surface area contributed by atoms with Crippen molar-refractivity contribution < 1.29 is 10.3 Å². The fraction of sp³-hybridized carbons (Fsp3) is 0.800. The Balaban J connectivity index is 0.000000810. The number of rotatable bonds is 0. The molecule has 0 unspecified atom stereocenters. The van der Waals surface area contributed by atoms with Crippen LogP contribution in [0.15, 0.2) is 0 Å². The van der Waals surface area contributed by atoms with E-state index < -0.39 is 0 Å². The van der Waals surface area contributed by atoms with Crippen LogP contribution in [-0.4, -0.2) is 41.8 Å². The normalized spacial score (nSPS) is 17.9. The van der Waals surface area contributed by atoms with Crippen molar-refractivity contribution in [2.24, 2.45) is 0 Å². The Labute approximate surface area is 65.3 Å². The van der Waals surface area contributed by atoms with Crippen LogP contribution in [0.25, 0.3) is 0 Å². The first-order chi connectivity index (χ1) is 4.30. The summed E-state index contributed by atoms with van der Waals surface area (Å²) in [4.78, 5) is 12.3. The van der Waals surface area contributed by atoms with Gasteiger partial charge in [0.1, 0.15) is 0 Å². The van der Waals surface area contributed by atoms with E-state index in [4.69, 9.17) is 0 Å². The van der Waals surface area contributed by atoms with Crippen LogP contribution in [0.2, 0.25) is 0 Å². The molecule has 0 atom stereocenters. The minimum atomic E-state index is -0.114. The van der Waals surface area contributed by atoms with Gasteiger partial charge in [0, 0.05) is 26.2 Å². The summed E-state index contributed by atoms with van der Waals surface area (Å²) >= 11 is 3.70. The van der Waals surface area contributed by atoms with Crippen LogP contribution < -0.4 is 5.32 Å². The molecule has 0 aromatic rings. The van der Waals surface area contributed by atoms with E-state index >= 15 is 0 Å². The monoisotopic (exact) mass is 164 g/mol. The Morgan fingerprint density at radius 2 is 1.90 bits per heavy atom. The highest BCUT2D eigenvalue weighted by Gasteiger charge is 2.11. The predicted octanol–water partition coefficient (Wildman–Crippen LogP) is -0.883. The molecule has 1 rings (SSSR count). The van der Waals surface area contributed by atoms with Gasteiger partial charge in [0.25, 0.3) is 5.24 Å². The van der Waals surface area contributed by atoms with Crippen molar-refractivity contribution in [3.05, 3.63) is 0 Å². The minimum Gasteiger partial charge on any atom is -0.412 e. The lowest BCUT2D eigenvalue weighted by Crippen LogP contribution is -2.44. The van der Waals surface area contributed by atoms with E-state index in [1.165, 1.54) is 0 Å². The molecule has 0 aliphatic carbocycles. The SMILES string of the molecule is O.O=C(S)N1CCNCC1. The van der Waals surface area contributed by atoms with E-state index in [1.807, 2.05) is 0 Å². The average Bonchev–Trinajstić information content (AvgIpc) is 1.90. The molecule has 1 heterocycles. The summed E-state index contributed by atoms with van der Waals surface area (Å²) in [6.45, 7) is 3.38. The molecule has 0 spiro atoms. The van der Waals surface area contributed by atoms with Crippen LogP contribution in [0.3, 0.4) is 0 Å². The number of hydrogen-bond donors (Lipinski definition) is 2. The van der Waals surface area contributed by atoms with E-state index in [2.05, 4.69) is 17.9 Å². The lowest BCUT2D eigenvalue weighted by molar-refractivity contribution is 0.215. The lowest BCUT2D eigenvalue weighted by atomic mass is 10.4. The highest BCUT2D eigenvalue weighted by molar-refractivity contribution is 7.96. The Kier molecular flexibility index (Phi) is 4.42. The van der Waals surface area contributed by atoms with Gasteiger partial charge in [-0.3, -0.25) is 4.79 Å². The minimum absolute atomic E-state index is 0. The third-order valence-electron chi connectivity index (χ3n) is 1.39. The van der Waals surface area contributed by atoms with E-state index in [0.717, 1.165) is 26.2 Å². The number of nitrogens with zero attached hydrogens (tertiary/aromatic N) is 1. The molecular weight excluding hydrogens is 152 g/mol. The molecule has 1 fully saturated rings. The molecule has 0 bridgehead atoms. The van der Waals surface area contributed by atoms with E-state index in [0.29, 0.717) is 0 Å². The average molecular weight is 164 g/mol. The third kappa shape index (κ3) is 2.55. The van der Waals surface area contributed by atoms with E-state index in [9.17, 15) is 4.79 Å². The quantitative estimate of drug-likeness (QED) is 0.456. The molecule has 0 saturated carbocycles. The molecule has 60 valence electrons. The van der Waals surface area contributed by atoms with E-state index in [-0.39, 0.29) is 10.7 Å². The van der Waals surface area contributed by atoms with Gasteiger partial charge >= 0.3 is 0 Å². The topological polar surface area (TPSA) is 63.8 Å². The molecule has 1 saturated heterocycles. The fourth-order valence-corrected chi connectivity index (χ4v) is 1.06. The Hall–Kier alpha value is -0.260. The molecule has 0 aromatic heterocycles. The fourth-order valence-electron chi connectivity index (χ4n) is 0.856. The van der Waals surface area contributed by atoms with Gasteiger partial charge in [0.05, 0.1) is 0 Å². The smallest absolute Gasteiger partial charge is 0.278 e. The molecule has 1 amide bonds. The maximum Gasteiger partial charge on any atom is 0.278 e. The Morgan fingerprint density at radius 3 is 2.20 bits per heavy atom. The molecule has 5 heteroatoms. The van der Waals surface area contributed by atoms with Gasteiger partial charge < -0.3 is 15.7 Å². The second kappa shape index (κ2) is 4.54. The van der Waals surface area contributed by atoms with Crippen molar-refractivity contribution in [1.29, 1.82) is 0 Å². The zero-order valence-corrected chi connectivity index (χ0v) is 6.53. The Bertz CT molecular complexity index is 114. The maximum absolute atomic E-state index is 10.6. The van der Waals surface area contributed by atoms with Gasteiger partial charge in [-0.25, -0.2) is 0 Å². The number of carbonyl (C=O) groups excluding carboxylic acids is 1. The molecule has 10 heavy (non-hydrogen) atoms. The van der Waals surface area contributed by atoms with E-state index in [1.54, 1.807) is 4.90 Å². The summed E-state index contributed by atoms with van der Waals surface area (Å²) in [5, 5.41) is 3.03. The van der Waals surface area contributed by atoms with Crippen LogP contribution in [0.1, 0.15) is 0 Å². The summed E-state index contributed by atoms with van der Waals surface area (Å²) in [6.07, 6.45) is 0. The standard InChI is InChI=1S/C5H10N2OS.H2O/c8-5(9)7-3-1-6-2-4-7;/h6H,1-4H2,(H,8,9);1H2. The predicted molar refractivity (Wildman–Crippen MR) is 42.4 cm³/mol. The number of piperazine rings is 1. The first kappa shape index (κ1) is 9.74. The highest BCUT2D eigenvalue weighted by Crippen LogP contribution is 1.96. The van der Waals surface area contributed by atoms with Crippen LogP contribution >= 0.6 is 12.6 Å². The maximum atomic E-state index is 10.6. The molecule has 1 aliphatic heterocycles. The number of amides is 1. The summed E-state index contributed by atoms with van der Waals surface area (Å²) in [6, 6.07) is 0. The largest absolute Gasteiger partial charge is 0.412 e. The Morgan fingerprint density at radius 1 is 1.40 bits per heavy atom. The van der Waals surface area contributed by atoms with Gasteiger partial charge in [-0.2, -0.15) is 0 Å². The molecule has 3 N–H and O–H groups in total. The van der Waals surface area contributed by atoms with Gasteiger partial charge in [0.2, 0.25) is 0 Å². The van der Waals surface area contributed by atoms with Crippen LogP contribution in [0, 0.1) is 0 Å². The van der Waals surface area contributed by atoms with Crippen molar-refractivity contribution >= 4 is 17.9 Å². The number of hydrogen-bond acceptors (Lipinski definition) is 2. The summed E-state index contributed by atoms with van der Waals surface area (Å²) in [5.41, 5.74) is 0. The highest BCUT2D eigenvalue weighted by atomic mass is 32.1. The summed E-state index contributed by atoms with van der Waals surface area (Å²) in [7, 11) is 0. The second-order valence-corrected chi connectivity index (χ2v) is 2.40. The number of thiol groups is 1. The third-order valence-corrected chi connectivity index (χ3v) is 1.67. The van der Waals surface area contributed by atoms with Crippen molar-refractivity contribution in [3.8, 4) is 0 Å². The van der Waals surface area contributed by atoms with Gasteiger partial charge in [-0.15, -0.1) is 0 Å². The molecule has 4 nitrogen and oxygen atoms in total. The van der Waals surface area contributed by atoms with Crippen molar-refractivity contribution in [1.82, 2.24) is 10.2 Å². The van der Waals surface area contributed by atoms with Crippen molar-refractivity contribution in [2.45, 2.75) is 0 Å². The first-order valence-electron chi connectivity index (χ1n) is 2.99. The lowest BCUT2D eigenvalue weighted by Gasteiger charge is -2.25. The first-order valence-corrected chi connectivity index (χ1v) is 3.44. The van der Waals surface area contributed by atoms with Gasteiger partial charge in [-0.1, -0.05) is 12.6 Å². The van der Waals surface area contributed by atoms with Crippen LogP contribution in [0.5, 0.6) is 0 Å². The second-order valence-electron chi connectivity index (χ2n) is 2.02.